The minimum atomic E-state index is -0.212. The summed E-state index contributed by atoms with van der Waals surface area (Å²) in [6.45, 7) is 1.97. The number of para-hydroxylation sites is 2. The normalized spacial score (nSPS) is 21.6. The van der Waals surface area contributed by atoms with E-state index in [1.54, 1.807) is 4.90 Å². The van der Waals surface area contributed by atoms with Gasteiger partial charge in [-0.25, -0.2) is 0 Å². The van der Waals surface area contributed by atoms with E-state index in [4.69, 9.17) is 9.47 Å². The molecule has 0 aliphatic carbocycles. The van der Waals surface area contributed by atoms with Crippen LogP contribution in [-0.4, -0.2) is 49.1 Å². The maximum absolute atomic E-state index is 12.6. The van der Waals surface area contributed by atoms with E-state index >= 15 is 0 Å². The van der Waals surface area contributed by atoms with Gasteiger partial charge in [0.1, 0.15) is 12.7 Å². The zero-order chi connectivity index (χ0) is 18.6. The Hall–Kier alpha value is -2.54. The maximum Gasteiger partial charge on any atom is 0.263 e. The summed E-state index contributed by atoms with van der Waals surface area (Å²) in [7, 11) is 0. The van der Waals surface area contributed by atoms with Crippen molar-refractivity contribution in [1.29, 1.82) is 0 Å². The molecule has 2 atom stereocenters. The third-order valence-corrected chi connectivity index (χ3v) is 5.74. The van der Waals surface area contributed by atoms with E-state index < -0.39 is 0 Å². The van der Waals surface area contributed by atoms with Crippen molar-refractivity contribution in [2.45, 2.75) is 18.9 Å². The van der Waals surface area contributed by atoms with Crippen molar-refractivity contribution in [3.63, 3.8) is 0 Å². The molecule has 0 bridgehead atoms. The SMILES string of the molecule is O=C(NC[C@@H]1COc2ccccc2O1)[C@@H]1CCCN(C(=O)c2cccs2)C1. The first kappa shape index (κ1) is 17.9. The van der Waals surface area contributed by atoms with E-state index in [1.165, 1.54) is 11.3 Å². The van der Waals surface area contributed by atoms with E-state index in [0.29, 0.717) is 32.0 Å². The van der Waals surface area contributed by atoms with Gasteiger partial charge in [0.05, 0.1) is 17.3 Å². The largest absolute Gasteiger partial charge is 0.486 e. The molecule has 27 heavy (non-hydrogen) atoms. The van der Waals surface area contributed by atoms with Crippen LogP contribution in [0.15, 0.2) is 41.8 Å². The third-order valence-electron chi connectivity index (χ3n) is 4.88. The Morgan fingerprint density at radius 2 is 2.04 bits per heavy atom. The second kappa shape index (κ2) is 8.00. The lowest BCUT2D eigenvalue weighted by molar-refractivity contribution is -0.126. The summed E-state index contributed by atoms with van der Waals surface area (Å²) in [4.78, 5) is 27.6. The van der Waals surface area contributed by atoms with Gasteiger partial charge >= 0.3 is 0 Å². The number of benzene rings is 1. The van der Waals surface area contributed by atoms with E-state index in [2.05, 4.69) is 5.32 Å². The smallest absolute Gasteiger partial charge is 0.263 e. The first-order chi connectivity index (χ1) is 13.2. The van der Waals surface area contributed by atoms with Gasteiger partial charge < -0.3 is 19.7 Å². The molecule has 3 heterocycles. The van der Waals surface area contributed by atoms with E-state index in [1.807, 2.05) is 41.8 Å². The van der Waals surface area contributed by atoms with E-state index in [-0.39, 0.29) is 23.8 Å². The molecule has 2 aliphatic rings. The first-order valence-corrected chi connectivity index (χ1v) is 10.1. The lowest BCUT2D eigenvalue weighted by atomic mass is 9.97. The highest BCUT2D eigenvalue weighted by Crippen LogP contribution is 2.30. The van der Waals surface area contributed by atoms with Crippen LogP contribution in [0, 0.1) is 5.92 Å². The van der Waals surface area contributed by atoms with Crippen LogP contribution >= 0.6 is 11.3 Å². The van der Waals surface area contributed by atoms with Crippen molar-refractivity contribution in [1.82, 2.24) is 10.2 Å². The quantitative estimate of drug-likeness (QED) is 0.877. The second-order valence-electron chi connectivity index (χ2n) is 6.81. The molecule has 2 aliphatic heterocycles. The summed E-state index contributed by atoms with van der Waals surface area (Å²) < 4.78 is 11.6. The van der Waals surface area contributed by atoms with Gasteiger partial charge in [-0.15, -0.1) is 11.3 Å². The average Bonchev–Trinajstić information content (AvgIpc) is 3.26. The van der Waals surface area contributed by atoms with Gasteiger partial charge in [0.25, 0.3) is 5.91 Å². The van der Waals surface area contributed by atoms with Crippen LogP contribution < -0.4 is 14.8 Å². The molecule has 1 saturated heterocycles. The molecule has 142 valence electrons. The van der Waals surface area contributed by atoms with Gasteiger partial charge in [-0.05, 0) is 36.4 Å². The molecule has 7 heteroatoms. The van der Waals surface area contributed by atoms with Crippen LogP contribution in [0.5, 0.6) is 11.5 Å². The minimum absolute atomic E-state index is 0.0168. The number of piperidine rings is 1. The van der Waals surface area contributed by atoms with Gasteiger partial charge in [0.2, 0.25) is 5.91 Å². The summed E-state index contributed by atoms with van der Waals surface area (Å²) in [5, 5.41) is 4.86. The third kappa shape index (κ3) is 4.08. The molecular weight excluding hydrogens is 364 g/mol. The number of ether oxygens (including phenoxy) is 2. The molecule has 0 saturated carbocycles. The number of likely N-dealkylation sites (tertiary alicyclic amines) is 1. The number of fused-ring (bicyclic) bond motifs is 1. The van der Waals surface area contributed by atoms with Gasteiger partial charge in [-0.3, -0.25) is 9.59 Å². The summed E-state index contributed by atoms with van der Waals surface area (Å²) >= 11 is 1.44. The topological polar surface area (TPSA) is 67.9 Å². The Morgan fingerprint density at radius 3 is 2.85 bits per heavy atom. The molecule has 0 radical (unpaired) electrons. The number of thiophene rings is 1. The Morgan fingerprint density at radius 1 is 1.19 bits per heavy atom. The molecule has 1 N–H and O–H groups in total. The zero-order valence-electron chi connectivity index (χ0n) is 14.9. The fraction of sp³-hybridized carbons (Fsp3) is 0.400. The molecule has 2 aromatic rings. The van der Waals surface area contributed by atoms with Gasteiger partial charge in [0.15, 0.2) is 11.5 Å². The van der Waals surface area contributed by atoms with Crippen LogP contribution in [0.4, 0.5) is 0 Å². The monoisotopic (exact) mass is 386 g/mol. The fourth-order valence-corrected chi connectivity index (χ4v) is 4.14. The minimum Gasteiger partial charge on any atom is -0.486 e. The number of carbonyl (C=O) groups is 2. The molecular formula is C20H22N2O4S. The number of rotatable bonds is 4. The number of hydrogen-bond donors (Lipinski definition) is 1. The summed E-state index contributed by atoms with van der Waals surface area (Å²) in [6.07, 6.45) is 1.42. The number of nitrogens with zero attached hydrogens (tertiary/aromatic N) is 1. The van der Waals surface area contributed by atoms with Crippen LogP contribution in [0.3, 0.4) is 0 Å². The Kier molecular flexibility index (Phi) is 5.29. The Labute approximate surface area is 162 Å². The van der Waals surface area contributed by atoms with Crippen LogP contribution in [-0.2, 0) is 4.79 Å². The van der Waals surface area contributed by atoms with Crippen molar-refractivity contribution < 1.29 is 19.1 Å². The van der Waals surface area contributed by atoms with Crippen LogP contribution in [0.2, 0.25) is 0 Å². The molecule has 4 rings (SSSR count). The lowest BCUT2D eigenvalue weighted by Gasteiger charge is -2.32. The summed E-state index contributed by atoms with van der Waals surface area (Å²) in [5.41, 5.74) is 0. The van der Waals surface area contributed by atoms with Crippen LogP contribution in [0.1, 0.15) is 22.5 Å². The number of amides is 2. The van der Waals surface area contributed by atoms with Gasteiger partial charge in [0, 0.05) is 13.1 Å². The maximum atomic E-state index is 12.6. The Bertz CT molecular complexity index is 808. The molecule has 0 unspecified atom stereocenters. The molecule has 6 nitrogen and oxygen atoms in total. The highest BCUT2D eigenvalue weighted by Gasteiger charge is 2.30. The van der Waals surface area contributed by atoms with Crippen molar-refractivity contribution in [2.75, 3.05) is 26.2 Å². The van der Waals surface area contributed by atoms with Crippen molar-refractivity contribution in [3.05, 3.63) is 46.7 Å². The molecule has 2 amide bonds. The van der Waals surface area contributed by atoms with Crippen molar-refractivity contribution in [2.24, 2.45) is 5.92 Å². The average molecular weight is 386 g/mol. The van der Waals surface area contributed by atoms with Gasteiger partial charge in [-0.1, -0.05) is 18.2 Å². The van der Waals surface area contributed by atoms with Crippen LogP contribution in [0.25, 0.3) is 0 Å². The zero-order valence-corrected chi connectivity index (χ0v) is 15.7. The standard InChI is InChI=1S/C20H22N2O4S/c23-19(21-11-15-13-25-16-6-1-2-7-17(16)26-15)14-5-3-9-22(12-14)20(24)18-8-4-10-27-18/h1-2,4,6-8,10,14-15H,3,5,9,11-13H2,(H,21,23)/t14-,15-/m1/s1. The fourth-order valence-electron chi connectivity index (χ4n) is 3.45. The Balaban J connectivity index is 1.29. The predicted molar refractivity (Wildman–Crippen MR) is 102 cm³/mol. The van der Waals surface area contributed by atoms with E-state index in [0.717, 1.165) is 23.5 Å². The predicted octanol–water partition coefficient (Wildman–Crippen LogP) is 2.56. The lowest BCUT2D eigenvalue weighted by Crippen LogP contribution is -2.48. The summed E-state index contributed by atoms with van der Waals surface area (Å²) in [5.74, 6) is 1.24. The van der Waals surface area contributed by atoms with Crippen molar-refractivity contribution in [3.8, 4) is 11.5 Å². The molecule has 1 aromatic carbocycles. The second-order valence-corrected chi connectivity index (χ2v) is 7.76. The number of hydrogen-bond acceptors (Lipinski definition) is 5. The molecule has 1 fully saturated rings. The molecule has 0 spiro atoms. The van der Waals surface area contributed by atoms with E-state index in [9.17, 15) is 9.59 Å². The highest BCUT2D eigenvalue weighted by atomic mass is 32.1. The first-order valence-electron chi connectivity index (χ1n) is 9.19. The van der Waals surface area contributed by atoms with Gasteiger partial charge in [-0.2, -0.15) is 0 Å². The molecule has 1 aromatic heterocycles. The number of carbonyl (C=O) groups excluding carboxylic acids is 2. The summed E-state index contributed by atoms with van der Waals surface area (Å²) in [6, 6.07) is 11.2. The highest BCUT2D eigenvalue weighted by molar-refractivity contribution is 7.12. The van der Waals surface area contributed by atoms with Crippen molar-refractivity contribution >= 4 is 23.2 Å². The number of nitrogens with one attached hydrogen (secondary N) is 1.